The lowest BCUT2D eigenvalue weighted by Crippen LogP contribution is -2.52. The van der Waals surface area contributed by atoms with Crippen LogP contribution in [0.2, 0.25) is 0 Å². The lowest BCUT2D eigenvalue weighted by molar-refractivity contribution is 0.0463. The summed E-state index contributed by atoms with van der Waals surface area (Å²) in [4.78, 5) is 16.5. The van der Waals surface area contributed by atoms with Gasteiger partial charge in [0, 0.05) is 12.7 Å². The number of anilines is 1. The molecular formula is C17H27N3O2. The first-order chi connectivity index (χ1) is 10.3. The molecule has 1 aliphatic rings. The summed E-state index contributed by atoms with van der Waals surface area (Å²) >= 11 is 0. The number of amides is 1. The molecule has 1 aliphatic carbocycles. The van der Waals surface area contributed by atoms with Gasteiger partial charge in [-0.25, -0.2) is 9.78 Å². The number of alkyl carbamates (subject to hydrolysis) is 1. The molecule has 0 radical (unpaired) electrons. The van der Waals surface area contributed by atoms with Gasteiger partial charge in [-0.05, 0) is 52.2 Å². The summed E-state index contributed by atoms with van der Waals surface area (Å²) in [5.74, 6) is 0.836. The molecule has 5 heteroatoms. The summed E-state index contributed by atoms with van der Waals surface area (Å²) in [6.07, 6.45) is 5.67. The van der Waals surface area contributed by atoms with Gasteiger partial charge in [-0.1, -0.05) is 18.9 Å². The second kappa shape index (κ2) is 6.55. The first-order valence-electron chi connectivity index (χ1n) is 7.96. The normalized spacial score (nSPS) is 17.1. The largest absolute Gasteiger partial charge is 0.444 e. The van der Waals surface area contributed by atoms with E-state index in [1.807, 2.05) is 46.0 Å². The van der Waals surface area contributed by atoms with Gasteiger partial charge >= 0.3 is 6.09 Å². The Labute approximate surface area is 132 Å². The molecule has 0 bridgehead atoms. The molecule has 2 rings (SSSR count). The van der Waals surface area contributed by atoms with Crippen molar-refractivity contribution in [3.8, 4) is 0 Å². The monoisotopic (exact) mass is 305 g/mol. The topological polar surface area (TPSA) is 63.2 Å². The molecule has 1 saturated carbocycles. The van der Waals surface area contributed by atoms with E-state index in [0.29, 0.717) is 6.54 Å². The molecule has 0 aromatic carbocycles. The first-order valence-corrected chi connectivity index (χ1v) is 7.96. The summed E-state index contributed by atoms with van der Waals surface area (Å²) in [5, 5.41) is 6.42. The SMILES string of the molecule is Cc1ccc(NCC2(NC(=O)OC(C)(C)C)CCCC2)nc1. The van der Waals surface area contributed by atoms with Gasteiger partial charge in [0.2, 0.25) is 0 Å². The molecule has 1 aromatic rings. The molecule has 0 spiro atoms. The van der Waals surface area contributed by atoms with E-state index in [-0.39, 0.29) is 11.6 Å². The molecule has 5 nitrogen and oxygen atoms in total. The molecule has 1 aromatic heterocycles. The fraction of sp³-hybridized carbons (Fsp3) is 0.647. The number of hydrogen-bond donors (Lipinski definition) is 2. The Morgan fingerprint density at radius 2 is 2.00 bits per heavy atom. The molecule has 0 aliphatic heterocycles. The highest BCUT2D eigenvalue weighted by Crippen LogP contribution is 2.30. The number of rotatable bonds is 4. The van der Waals surface area contributed by atoms with Crippen molar-refractivity contribution in [2.75, 3.05) is 11.9 Å². The fourth-order valence-electron chi connectivity index (χ4n) is 2.75. The van der Waals surface area contributed by atoms with Crippen LogP contribution in [0.15, 0.2) is 18.3 Å². The highest BCUT2D eigenvalue weighted by molar-refractivity contribution is 5.69. The van der Waals surface area contributed by atoms with Crippen molar-refractivity contribution in [3.63, 3.8) is 0 Å². The lowest BCUT2D eigenvalue weighted by atomic mass is 9.98. The molecule has 2 N–H and O–H groups in total. The average molecular weight is 305 g/mol. The summed E-state index contributed by atoms with van der Waals surface area (Å²) in [7, 11) is 0. The van der Waals surface area contributed by atoms with Gasteiger partial charge in [-0.2, -0.15) is 0 Å². The van der Waals surface area contributed by atoms with Crippen molar-refractivity contribution in [1.29, 1.82) is 0 Å². The quantitative estimate of drug-likeness (QED) is 0.891. The van der Waals surface area contributed by atoms with Gasteiger partial charge in [0.25, 0.3) is 0 Å². The number of carbonyl (C=O) groups excluding carboxylic acids is 1. The number of nitrogens with one attached hydrogen (secondary N) is 2. The maximum Gasteiger partial charge on any atom is 0.408 e. The van der Waals surface area contributed by atoms with Crippen molar-refractivity contribution >= 4 is 11.9 Å². The molecular weight excluding hydrogens is 278 g/mol. The lowest BCUT2D eigenvalue weighted by Gasteiger charge is -2.32. The Morgan fingerprint density at radius 3 is 2.55 bits per heavy atom. The predicted octanol–water partition coefficient (Wildman–Crippen LogP) is 3.64. The maximum absolute atomic E-state index is 12.1. The third-order valence-corrected chi connectivity index (χ3v) is 3.85. The Bertz CT molecular complexity index is 500. The Balaban J connectivity index is 1.96. The Hall–Kier alpha value is -1.78. The van der Waals surface area contributed by atoms with Gasteiger partial charge in [0.05, 0.1) is 5.54 Å². The molecule has 122 valence electrons. The van der Waals surface area contributed by atoms with Crippen LogP contribution < -0.4 is 10.6 Å². The number of carbonyl (C=O) groups is 1. The minimum Gasteiger partial charge on any atom is -0.444 e. The van der Waals surface area contributed by atoms with E-state index in [9.17, 15) is 4.79 Å². The Kier molecular flexibility index (Phi) is 4.94. The first kappa shape index (κ1) is 16.6. The van der Waals surface area contributed by atoms with Gasteiger partial charge in [0.1, 0.15) is 11.4 Å². The van der Waals surface area contributed by atoms with E-state index in [1.165, 1.54) is 0 Å². The van der Waals surface area contributed by atoms with Gasteiger partial charge in [-0.15, -0.1) is 0 Å². The summed E-state index contributed by atoms with van der Waals surface area (Å²) in [6.45, 7) is 8.31. The van der Waals surface area contributed by atoms with Crippen LogP contribution in [0.4, 0.5) is 10.6 Å². The van der Waals surface area contributed by atoms with E-state index in [0.717, 1.165) is 37.1 Å². The zero-order valence-electron chi connectivity index (χ0n) is 14.0. The molecule has 1 amide bonds. The molecule has 0 atom stereocenters. The third-order valence-electron chi connectivity index (χ3n) is 3.85. The molecule has 0 saturated heterocycles. The van der Waals surface area contributed by atoms with Crippen LogP contribution >= 0.6 is 0 Å². The van der Waals surface area contributed by atoms with Gasteiger partial charge in [-0.3, -0.25) is 0 Å². The number of hydrogen-bond acceptors (Lipinski definition) is 4. The summed E-state index contributed by atoms with van der Waals surface area (Å²) in [6, 6.07) is 3.99. The predicted molar refractivity (Wildman–Crippen MR) is 88.0 cm³/mol. The highest BCUT2D eigenvalue weighted by atomic mass is 16.6. The van der Waals surface area contributed by atoms with E-state index >= 15 is 0 Å². The van der Waals surface area contributed by atoms with Crippen LogP contribution in [0.1, 0.15) is 52.0 Å². The van der Waals surface area contributed by atoms with Crippen molar-refractivity contribution in [2.24, 2.45) is 0 Å². The van der Waals surface area contributed by atoms with Crippen molar-refractivity contribution in [1.82, 2.24) is 10.3 Å². The number of aryl methyl sites for hydroxylation is 1. The molecule has 1 fully saturated rings. The minimum absolute atomic E-state index is 0.241. The standard InChI is InChI=1S/C17H27N3O2/c1-13-7-8-14(18-11-13)19-12-17(9-5-6-10-17)20-15(21)22-16(2,3)4/h7-8,11H,5-6,9-10,12H2,1-4H3,(H,18,19)(H,20,21). The van der Waals surface area contributed by atoms with Crippen molar-refractivity contribution in [2.45, 2.75) is 64.5 Å². The van der Waals surface area contributed by atoms with Crippen LogP contribution in [0.5, 0.6) is 0 Å². The van der Waals surface area contributed by atoms with Crippen molar-refractivity contribution in [3.05, 3.63) is 23.9 Å². The number of aromatic nitrogens is 1. The van der Waals surface area contributed by atoms with Gasteiger partial charge < -0.3 is 15.4 Å². The zero-order valence-corrected chi connectivity index (χ0v) is 14.0. The molecule has 1 heterocycles. The second-order valence-corrected chi connectivity index (χ2v) is 7.19. The number of nitrogens with zero attached hydrogens (tertiary/aromatic N) is 1. The zero-order chi connectivity index (χ0) is 16.2. The van der Waals surface area contributed by atoms with Crippen LogP contribution in [0, 0.1) is 6.92 Å². The van der Waals surface area contributed by atoms with E-state index < -0.39 is 5.60 Å². The second-order valence-electron chi connectivity index (χ2n) is 7.19. The fourth-order valence-corrected chi connectivity index (χ4v) is 2.75. The van der Waals surface area contributed by atoms with Crippen LogP contribution in [0.3, 0.4) is 0 Å². The highest BCUT2D eigenvalue weighted by Gasteiger charge is 2.36. The molecule has 22 heavy (non-hydrogen) atoms. The maximum atomic E-state index is 12.1. The van der Waals surface area contributed by atoms with Gasteiger partial charge in [0.15, 0.2) is 0 Å². The molecule has 0 unspecified atom stereocenters. The number of ether oxygens (including phenoxy) is 1. The van der Waals surface area contributed by atoms with E-state index in [4.69, 9.17) is 4.74 Å². The summed E-state index contributed by atoms with van der Waals surface area (Å²) in [5.41, 5.74) is 0.415. The van der Waals surface area contributed by atoms with E-state index in [1.54, 1.807) is 0 Å². The van der Waals surface area contributed by atoms with Crippen LogP contribution in [0.25, 0.3) is 0 Å². The van der Waals surface area contributed by atoms with E-state index in [2.05, 4.69) is 15.6 Å². The average Bonchev–Trinajstić information content (AvgIpc) is 2.84. The van der Waals surface area contributed by atoms with Crippen LogP contribution in [-0.4, -0.2) is 28.8 Å². The van der Waals surface area contributed by atoms with Crippen LogP contribution in [-0.2, 0) is 4.74 Å². The smallest absolute Gasteiger partial charge is 0.408 e. The summed E-state index contributed by atoms with van der Waals surface area (Å²) < 4.78 is 5.40. The minimum atomic E-state index is -0.476. The van der Waals surface area contributed by atoms with Crippen molar-refractivity contribution < 1.29 is 9.53 Å². The third kappa shape index (κ3) is 4.90. The Morgan fingerprint density at radius 1 is 1.32 bits per heavy atom. The number of pyridine rings is 1.